The second-order valence-corrected chi connectivity index (χ2v) is 1.42. The van der Waals surface area contributed by atoms with Crippen LogP contribution in [0.25, 0.3) is 0 Å². The van der Waals surface area contributed by atoms with Crippen LogP contribution < -0.4 is 0 Å². The maximum Gasteiger partial charge on any atom is 0.242 e. The summed E-state index contributed by atoms with van der Waals surface area (Å²) in [5.41, 5.74) is 0. The summed E-state index contributed by atoms with van der Waals surface area (Å²) < 4.78 is -0.204. The molecule has 0 bridgehead atoms. The molecule has 0 aliphatic rings. The molecule has 0 atom stereocenters. The third-order valence-electron chi connectivity index (χ3n) is 0.134. The molecule has 0 unspecified atom stereocenters. The normalized spacial score (nSPS) is 6.17. The standard InChI is InChI=1S/C2ClNOS/c3-2(6)4-1-5. The van der Waals surface area contributed by atoms with Gasteiger partial charge >= 0.3 is 0 Å². The van der Waals surface area contributed by atoms with Crippen molar-refractivity contribution in [2.75, 3.05) is 0 Å². The van der Waals surface area contributed by atoms with Gasteiger partial charge in [-0.2, -0.15) is 0 Å². The van der Waals surface area contributed by atoms with Gasteiger partial charge in [-0.25, -0.2) is 4.79 Å². The number of rotatable bonds is 0. The summed E-state index contributed by atoms with van der Waals surface area (Å²) in [6.45, 7) is 0. The SMILES string of the molecule is O=C=NC(=S)Cl. The molecule has 0 aromatic carbocycles. The molecule has 4 heteroatoms. The summed E-state index contributed by atoms with van der Waals surface area (Å²) in [5.74, 6) is 0. The zero-order chi connectivity index (χ0) is 4.99. The number of nitrogens with zero attached hydrogens (tertiary/aromatic N) is 1. The lowest BCUT2D eigenvalue weighted by Crippen LogP contribution is -1.65. The van der Waals surface area contributed by atoms with Gasteiger partial charge in [0.05, 0.1) is 0 Å². The van der Waals surface area contributed by atoms with Crippen LogP contribution in [0.2, 0.25) is 0 Å². The molecule has 0 amide bonds. The number of isocyanates is 1. The molecule has 0 radical (unpaired) electrons. The molecule has 0 saturated heterocycles. The minimum absolute atomic E-state index is 0.204. The van der Waals surface area contributed by atoms with E-state index in [9.17, 15) is 0 Å². The lowest BCUT2D eigenvalue weighted by Gasteiger charge is -1.62. The topological polar surface area (TPSA) is 29.4 Å². The molecule has 0 aromatic heterocycles. The number of halogens is 1. The number of aliphatic imine (C=N–C) groups is 1. The monoisotopic (exact) mass is 121 g/mol. The zero-order valence-electron chi connectivity index (χ0n) is 2.64. The Kier molecular flexibility index (Phi) is 2.85. The summed E-state index contributed by atoms with van der Waals surface area (Å²) >= 11 is 9.01. The molecule has 0 saturated carbocycles. The highest BCUT2D eigenvalue weighted by Gasteiger charge is 1.73. The van der Waals surface area contributed by atoms with Crippen LogP contribution in [-0.4, -0.2) is 10.5 Å². The molecule has 0 fully saturated rings. The van der Waals surface area contributed by atoms with Gasteiger partial charge < -0.3 is 0 Å². The van der Waals surface area contributed by atoms with Crippen molar-refractivity contribution in [3.8, 4) is 0 Å². The Morgan fingerprint density at radius 1 is 2.00 bits per heavy atom. The predicted molar refractivity (Wildman–Crippen MR) is 26.6 cm³/mol. The van der Waals surface area contributed by atoms with Gasteiger partial charge in [0.15, 0.2) is 0 Å². The van der Waals surface area contributed by atoms with Crippen LogP contribution in [0.5, 0.6) is 0 Å². The molecule has 0 rings (SSSR count). The van der Waals surface area contributed by atoms with Gasteiger partial charge in [-0.1, -0.05) is 0 Å². The second kappa shape index (κ2) is 2.97. The first-order valence-electron chi connectivity index (χ1n) is 1.04. The minimum atomic E-state index is -0.204. The van der Waals surface area contributed by atoms with Crippen molar-refractivity contribution in [2.45, 2.75) is 0 Å². The van der Waals surface area contributed by atoms with Crippen LogP contribution in [0.3, 0.4) is 0 Å². The van der Waals surface area contributed by atoms with Crippen molar-refractivity contribution in [3.63, 3.8) is 0 Å². The Balaban J connectivity index is 3.60. The van der Waals surface area contributed by atoms with Gasteiger partial charge in [-0.05, 0) is 23.8 Å². The van der Waals surface area contributed by atoms with Crippen LogP contribution in [0, 0.1) is 0 Å². The van der Waals surface area contributed by atoms with Gasteiger partial charge in [0, 0.05) is 0 Å². The molecule has 32 valence electrons. The maximum atomic E-state index is 9.15. The molecule has 0 aliphatic heterocycles. The summed E-state index contributed by atoms with van der Waals surface area (Å²) in [5, 5.41) is 0. The Bertz CT molecular complexity index is 106. The van der Waals surface area contributed by atoms with Crippen LogP contribution in [-0.2, 0) is 4.79 Å². The Labute approximate surface area is 44.8 Å². The summed E-state index contributed by atoms with van der Waals surface area (Å²) in [6.07, 6.45) is 1.17. The molecular weight excluding hydrogens is 122 g/mol. The fourth-order valence-corrected chi connectivity index (χ4v) is 0.108. The van der Waals surface area contributed by atoms with E-state index in [0.29, 0.717) is 0 Å². The van der Waals surface area contributed by atoms with Crippen molar-refractivity contribution in [2.24, 2.45) is 4.99 Å². The van der Waals surface area contributed by atoms with Gasteiger partial charge in [0.25, 0.3) is 0 Å². The van der Waals surface area contributed by atoms with Crippen molar-refractivity contribution < 1.29 is 4.79 Å². The third-order valence-corrected chi connectivity index (χ3v) is 0.309. The molecule has 6 heavy (non-hydrogen) atoms. The molecule has 0 spiro atoms. The quantitative estimate of drug-likeness (QED) is 0.156. The van der Waals surface area contributed by atoms with Crippen molar-refractivity contribution >= 4 is 34.3 Å². The molecule has 2 nitrogen and oxygen atoms in total. The van der Waals surface area contributed by atoms with E-state index in [1.165, 1.54) is 6.08 Å². The minimum Gasteiger partial charge on any atom is -0.211 e. The van der Waals surface area contributed by atoms with Crippen LogP contribution in [0.1, 0.15) is 0 Å². The van der Waals surface area contributed by atoms with Crippen LogP contribution in [0.4, 0.5) is 0 Å². The molecule has 0 heterocycles. The number of hydrogen-bond donors (Lipinski definition) is 0. The largest absolute Gasteiger partial charge is 0.242 e. The van der Waals surface area contributed by atoms with E-state index in [1.54, 1.807) is 0 Å². The van der Waals surface area contributed by atoms with E-state index in [4.69, 9.17) is 16.4 Å². The second-order valence-electron chi connectivity index (χ2n) is 0.456. The van der Waals surface area contributed by atoms with Crippen molar-refractivity contribution in [3.05, 3.63) is 0 Å². The fraction of sp³-hybridized carbons (Fsp3) is 0. The molecular formula is C2ClNOS. The highest BCUT2D eigenvalue weighted by atomic mass is 35.5. The first kappa shape index (κ1) is 5.76. The summed E-state index contributed by atoms with van der Waals surface area (Å²) in [7, 11) is 0. The third kappa shape index (κ3) is 3.76. The van der Waals surface area contributed by atoms with Crippen LogP contribution >= 0.6 is 23.8 Å². The Hall–Kier alpha value is -0.240. The molecule has 0 N–H and O–H groups in total. The average Bonchev–Trinajstić information content (AvgIpc) is 1.35. The van der Waals surface area contributed by atoms with E-state index in [1.807, 2.05) is 0 Å². The van der Waals surface area contributed by atoms with Crippen molar-refractivity contribution in [1.82, 2.24) is 0 Å². The van der Waals surface area contributed by atoms with E-state index < -0.39 is 0 Å². The zero-order valence-corrected chi connectivity index (χ0v) is 4.21. The lowest BCUT2D eigenvalue weighted by atomic mass is 11.4. The van der Waals surface area contributed by atoms with E-state index in [2.05, 4.69) is 17.2 Å². The first-order valence-corrected chi connectivity index (χ1v) is 1.83. The van der Waals surface area contributed by atoms with E-state index >= 15 is 0 Å². The number of hydrogen-bond acceptors (Lipinski definition) is 2. The Morgan fingerprint density at radius 2 is 2.50 bits per heavy atom. The highest BCUT2D eigenvalue weighted by molar-refractivity contribution is 7.83. The summed E-state index contributed by atoms with van der Waals surface area (Å²) in [6, 6.07) is 0. The van der Waals surface area contributed by atoms with Gasteiger partial charge in [0.1, 0.15) is 0 Å². The molecule has 0 aromatic rings. The lowest BCUT2D eigenvalue weighted by molar-refractivity contribution is 0.566. The predicted octanol–water partition coefficient (Wildman–Crippen LogP) is 0.846. The molecule has 0 aliphatic carbocycles. The fourth-order valence-electron chi connectivity index (χ4n) is 0.0359. The van der Waals surface area contributed by atoms with Gasteiger partial charge in [-0.15, -0.1) is 4.99 Å². The highest BCUT2D eigenvalue weighted by Crippen LogP contribution is 1.80. The maximum absolute atomic E-state index is 9.15. The van der Waals surface area contributed by atoms with E-state index in [-0.39, 0.29) is 4.45 Å². The van der Waals surface area contributed by atoms with Gasteiger partial charge in [-0.3, -0.25) is 0 Å². The first-order chi connectivity index (χ1) is 2.77. The van der Waals surface area contributed by atoms with Gasteiger partial charge in [0.2, 0.25) is 10.5 Å². The van der Waals surface area contributed by atoms with E-state index in [0.717, 1.165) is 0 Å². The number of carbonyl (C=O) groups excluding carboxylic acids is 1. The smallest absolute Gasteiger partial charge is 0.211 e. The summed E-state index contributed by atoms with van der Waals surface area (Å²) in [4.78, 5) is 12.0. The van der Waals surface area contributed by atoms with Crippen LogP contribution in [0.15, 0.2) is 4.99 Å². The number of thiocarbonyl (C=S) groups is 1. The van der Waals surface area contributed by atoms with Crippen molar-refractivity contribution in [1.29, 1.82) is 0 Å². The Morgan fingerprint density at radius 3 is 2.50 bits per heavy atom. The average molecular weight is 122 g/mol.